The first-order valence-corrected chi connectivity index (χ1v) is 4.51. The van der Waals surface area contributed by atoms with Crippen LogP contribution in [0.3, 0.4) is 0 Å². The first kappa shape index (κ1) is 10.2. The Morgan fingerprint density at radius 2 is 2.38 bits per heavy atom. The molecule has 0 saturated carbocycles. The summed E-state index contributed by atoms with van der Waals surface area (Å²) in [6.07, 6.45) is 3.01. The molecule has 0 bridgehead atoms. The Kier molecular flexibility index (Phi) is 4.49. The van der Waals surface area contributed by atoms with Gasteiger partial charge in [0.05, 0.1) is 12.4 Å². The Labute approximate surface area is 82.3 Å². The molecule has 72 valence electrons. The van der Waals surface area contributed by atoms with Gasteiger partial charge in [-0.15, -0.1) is 0 Å². The monoisotopic (exact) mass is 201 g/mol. The SMILES string of the molecule is CCNCCOc1cncc(Cl)n1. The fraction of sp³-hybridized carbons (Fsp3) is 0.500. The van der Waals surface area contributed by atoms with Crippen molar-refractivity contribution in [3.8, 4) is 5.88 Å². The highest BCUT2D eigenvalue weighted by Gasteiger charge is 1.96. The number of nitrogens with zero attached hydrogens (tertiary/aromatic N) is 2. The smallest absolute Gasteiger partial charge is 0.233 e. The molecule has 0 atom stereocenters. The second-order valence-corrected chi connectivity index (χ2v) is 2.77. The van der Waals surface area contributed by atoms with E-state index in [0.717, 1.165) is 13.1 Å². The van der Waals surface area contributed by atoms with Gasteiger partial charge in [0, 0.05) is 6.54 Å². The molecule has 0 aliphatic rings. The quantitative estimate of drug-likeness (QED) is 0.726. The molecular weight excluding hydrogens is 190 g/mol. The van der Waals surface area contributed by atoms with Crippen LogP contribution in [0.1, 0.15) is 6.92 Å². The number of ether oxygens (including phenoxy) is 1. The van der Waals surface area contributed by atoms with Crippen LogP contribution >= 0.6 is 11.6 Å². The maximum atomic E-state index is 5.62. The van der Waals surface area contributed by atoms with E-state index in [1.54, 1.807) is 0 Å². The van der Waals surface area contributed by atoms with Gasteiger partial charge >= 0.3 is 0 Å². The van der Waals surface area contributed by atoms with Gasteiger partial charge in [-0.2, -0.15) is 4.98 Å². The van der Waals surface area contributed by atoms with Crippen molar-refractivity contribution in [1.29, 1.82) is 0 Å². The molecule has 1 aromatic rings. The molecule has 0 aliphatic carbocycles. The van der Waals surface area contributed by atoms with E-state index < -0.39 is 0 Å². The number of rotatable bonds is 5. The van der Waals surface area contributed by atoms with E-state index in [-0.39, 0.29) is 0 Å². The van der Waals surface area contributed by atoms with E-state index in [1.807, 2.05) is 6.92 Å². The molecule has 4 nitrogen and oxygen atoms in total. The van der Waals surface area contributed by atoms with Gasteiger partial charge in [0.2, 0.25) is 5.88 Å². The van der Waals surface area contributed by atoms with Crippen LogP contribution in [0.25, 0.3) is 0 Å². The predicted molar refractivity (Wildman–Crippen MR) is 51.1 cm³/mol. The average molecular weight is 202 g/mol. The van der Waals surface area contributed by atoms with Crippen LogP contribution in [0.15, 0.2) is 12.4 Å². The number of hydrogen-bond donors (Lipinski definition) is 1. The minimum atomic E-state index is 0.348. The molecule has 0 aromatic carbocycles. The fourth-order valence-electron chi connectivity index (χ4n) is 0.800. The Hall–Kier alpha value is -0.870. The molecule has 0 aliphatic heterocycles. The highest BCUT2D eigenvalue weighted by Crippen LogP contribution is 2.08. The minimum absolute atomic E-state index is 0.348. The molecular formula is C8H12ClN3O. The number of aromatic nitrogens is 2. The molecule has 1 heterocycles. The van der Waals surface area contributed by atoms with E-state index in [1.165, 1.54) is 12.4 Å². The van der Waals surface area contributed by atoms with Crippen LogP contribution in [0.4, 0.5) is 0 Å². The molecule has 1 aromatic heterocycles. The van der Waals surface area contributed by atoms with Gasteiger partial charge < -0.3 is 10.1 Å². The summed E-state index contributed by atoms with van der Waals surface area (Å²) in [5.74, 6) is 0.463. The lowest BCUT2D eigenvalue weighted by Gasteiger charge is -2.04. The summed E-state index contributed by atoms with van der Waals surface area (Å²) >= 11 is 5.62. The molecule has 13 heavy (non-hydrogen) atoms. The Bertz CT molecular complexity index is 257. The third kappa shape index (κ3) is 4.05. The van der Waals surface area contributed by atoms with E-state index >= 15 is 0 Å². The standard InChI is InChI=1S/C8H12ClN3O/c1-2-10-3-4-13-8-6-11-5-7(9)12-8/h5-6,10H,2-4H2,1H3. The molecule has 0 unspecified atom stereocenters. The first-order valence-electron chi connectivity index (χ1n) is 4.14. The van der Waals surface area contributed by atoms with E-state index in [9.17, 15) is 0 Å². The largest absolute Gasteiger partial charge is 0.475 e. The third-order valence-corrected chi connectivity index (χ3v) is 1.54. The summed E-state index contributed by atoms with van der Waals surface area (Å²) in [4.78, 5) is 7.77. The van der Waals surface area contributed by atoms with Crippen molar-refractivity contribution in [3.05, 3.63) is 17.5 Å². The summed E-state index contributed by atoms with van der Waals surface area (Å²) < 4.78 is 5.27. The summed E-state index contributed by atoms with van der Waals surface area (Å²) in [5.41, 5.74) is 0. The van der Waals surface area contributed by atoms with Gasteiger partial charge in [-0.25, -0.2) is 0 Å². The molecule has 1 N–H and O–H groups in total. The summed E-state index contributed by atoms with van der Waals surface area (Å²) in [6.45, 7) is 4.34. The molecule has 0 radical (unpaired) electrons. The Morgan fingerprint density at radius 1 is 1.54 bits per heavy atom. The summed E-state index contributed by atoms with van der Waals surface area (Å²) in [6, 6.07) is 0. The molecule has 0 spiro atoms. The van der Waals surface area contributed by atoms with Crippen LogP contribution < -0.4 is 10.1 Å². The van der Waals surface area contributed by atoms with Crippen molar-refractivity contribution in [2.45, 2.75) is 6.92 Å². The summed E-state index contributed by atoms with van der Waals surface area (Å²) in [7, 11) is 0. The molecule has 1 rings (SSSR count). The van der Waals surface area contributed by atoms with Crippen molar-refractivity contribution in [2.24, 2.45) is 0 Å². The maximum Gasteiger partial charge on any atom is 0.233 e. The lowest BCUT2D eigenvalue weighted by molar-refractivity contribution is 0.302. The lowest BCUT2D eigenvalue weighted by atomic mass is 10.6. The Balaban J connectivity index is 2.28. The zero-order valence-corrected chi connectivity index (χ0v) is 8.21. The predicted octanol–water partition coefficient (Wildman–Crippen LogP) is 1.12. The van der Waals surface area contributed by atoms with Crippen LogP contribution in [0.5, 0.6) is 5.88 Å². The molecule has 5 heteroatoms. The van der Waals surface area contributed by atoms with Crippen LogP contribution in [0, 0.1) is 0 Å². The van der Waals surface area contributed by atoms with Gasteiger partial charge in [-0.3, -0.25) is 4.98 Å². The zero-order valence-electron chi connectivity index (χ0n) is 7.46. The van der Waals surface area contributed by atoms with Gasteiger partial charge in [0.1, 0.15) is 6.61 Å². The van der Waals surface area contributed by atoms with Crippen molar-refractivity contribution in [3.63, 3.8) is 0 Å². The number of halogens is 1. The van der Waals surface area contributed by atoms with Crippen LogP contribution in [-0.4, -0.2) is 29.7 Å². The molecule has 0 fully saturated rings. The second-order valence-electron chi connectivity index (χ2n) is 2.38. The van der Waals surface area contributed by atoms with Crippen molar-refractivity contribution < 1.29 is 4.74 Å². The highest BCUT2D eigenvalue weighted by atomic mass is 35.5. The Morgan fingerprint density at radius 3 is 3.08 bits per heavy atom. The normalized spacial score (nSPS) is 10.0. The van der Waals surface area contributed by atoms with Crippen molar-refractivity contribution >= 4 is 11.6 Å². The van der Waals surface area contributed by atoms with Crippen molar-refractivity contribution in [1.82, 2.24) is 15.3 Å². The third-order valence-electron chi connectivity index (χ3n) is 1.36. The molecule has 0 amide bonds. The van der Waals surface area contributed by atoms with Gasteiger partial charge in [-0.05, 0) is 6.54 Å². The number of likely N-dealkylation sites (N-methyl/N-ethyl adjacent to an activating group) is 1. The lowest BCUT2D eigenvalue weighted by Crippen LogP contribution is -2.20. The summed E-state index contributed by atoms with van der Waals surface area (Å²) in [5, 5.41) is 3.48. The van der Waals surface area contributed by atoms with Gasteiger partial charge in [0.25, 0.3) is 0 Å². The molecule has 0 saturated heterocycles. The average Bonchev–Trinajstić information content (AvgIpc) is 2.13. The zero-order chi connectivity index (χ0) is 9.52. The fourth-order valence-corrected chi connectivity index (χ4v) is 0.939. The van der Waals surface area contributed by atoms with E-state index in [2.05, 4.69) is 15.3 Å². The van der Waals surface area contributed by atoms with Crippen LogP contribution in [0.2, 0.25) is 5.15 Å². The second kappa shape index (κ2) is 5.72. The maximum absolute atomic E-state index is 5.62. The van der Waals surface area contributed by atoms with E-state index in [4.69, 9.17) is 16.3 Å². The number of hydrogen-bond acceptors (Lipinski definition) is 4. The highest BCUT2D eigenvalue weighted by molar-refractivity contribution is 6.29. The van der Waals surface area contributed by atoms with Crippen LogP contribution in [-0.2, 0) is 0 Å². The van der Waals surface area contributed by atoms with Gasteiger partial charge in [-0.1, -0.05) is 18.5 Å². The topological polar surface area (TPSA) is 47.0 Å². The van der Waals surface area contributed by atoms with E-state index in [0.29, 0.717) is 17.6 Å². The van der Waals surface area contributed by atoms with Crippen molar-refractivity contribution in [2.75, 3.05) is 19.7 Å². The van der Waals surface area contributed by atoms with Gasteiger partial charge in [0.15, 0.2) is 5.15 Å². The first-order chi connectivity index (χ1) is 6.33. The minimum Gasteiger partial charge on any atom is -0.475 e. The number of nitrogens with one attached hydrogen (secondary N) is 1.